The molecular formula is C26H30N4O4. The van der Waals surface area contributed by atoms with Crippen molar-refractivity contribution in [1.29, 1.82) is 0 Å². The predicted molar refractivity (Wildman–Crippen MR) is 129 cm³/mol. The number of aliphatic hydroxyl groups is 1. The molecule has 0 bridgehead atoms. The van der Waals surface area contributed by atoms with Crippen molar-refractivity contribution in [3.63, 3.8) is 0 Å². The summed E-state index contributed by atoms with van der Waals surface area (Å²) in [6.45, 7) is 3.80. The Morgan fingerprint density at radius 3 is 2.50 bits per heavy atom. The van der Waals surface area contributed by atoms with E-state index in [0.717, 1.165) is 22.4 Å². The first-order chi connectivity index (χ1) is 16.3. The van der Waals surface area contributed by atoms with Crippen LogP contribution in [0.3, 0.4) is 0 Å². The highest BCUT2D eigenvalue weighted by molar-refractivity contribution is 5.71. The third kappa shape index (κ3) is 5.17. The Labute approximate surface area is 199 Å². The molecule has 3 N–H and O–H groups in total. The summed E-state index contributed by atoms with van der Waals surface area (Å²) in [5.41, 5.74) is 3.30. The van der Waals surface area contributed by atoms with E-state index >= 15 is 0 Å². The molecular weight excluding hydrogens is 432 g/mol. The van der Waals surface area contributed by atoms with Crippen LogP contribution in [0.15, 0.2) is 48.8 Å². The number of aromatic nitrogens is 3. The minimum absolute atomic E-state index is 0.0147. The second-order valence-corrected chi connectivity index (χ2v) is 9.10. The molecule has 34 heavy (non-hydrogen) atoms. The molecule has 4 rings (SSSR count). The second-order valence-electron chi connectivity index (χ2n) is 9.10. The van der Waals surface area contributed by atoms with Gasteiger partial charge in [-0.25, -0.2) is 4.98 Å². The van der Waals surface area contributed by atoms with Crippen LogP contribution in [0.5, 0.6) is 5.88 Å². The third-order valence-electron chi connectivity index (χ3n) is 6.66. The van der Waals surface area contributed by atoms with E-state index in [4.69, 9.17) is 4.74 Å². The Balaban J connectivity index is 1.51. The maximum atomic E-state index is 11.2. The van der Waals surface area contributed by atoms with Gasteiger partial charge in [0.1, 0.15) is 5.60 Å². The summed E-state index contributed by atoms with van der Waals surface area (Å²) in [5.74, 6) is -0.148. The van der Waals surface area contributed by atoms with E-state index in [1.807, 2.05) is 31.2 Å². The van der Waals surface area contributed by atoms with Crippen molar-refractivity contribution in [3.05, 3.63) is 60.0 Å². The van der Waals surface area contributed by atoms with Crippen LogP contribution in [0.2, 0.25) is 0 Å². The molecule has 0 spiro atoms. The van der Waals surface area contributed by atoms with Gasteiger partial charge in [-0.15, -0.1) is 0 Å². The van der Waals surface area contributed by atoms with Crippen LogP contribution >= 0.6 is 0 Å². The SMILES string of the molecule is COc1ccnc(Nc2cc(C)cc(-c3ccc([C@](C)(O)C4CCC(C(=O)O)CC4)nc3)c2)n1. The minimum atomic E-state index is -1.11. The number of hydrogen-bond acceptors (Lipinski definition) is 7. The standard InChI is InChI=1S/C26H30N4O4/c1-16-12-19(14-21(13-16)29-25-27-11-10-23(30-25)34-3)18-6-9-22(28-15-18)26(2,33)20-7-4-17(5-8-20)24(31)32/h6,9-15,17,20,33H,4-5,7-8H2,1-3H3,(H,31,32)(H,27,29,30)/t17?,20?,26-/m1/s1. The molecule has 1 aliphatic carbocycles. The first-order valence-electron chi connectivity index (χ1n) is 11.4. The van der Waals surface area contributed by atoms with Crippen LogP contribution in [-0.4, -0.2) is 38.2 Å². The molecule has 3 aromatic rings. The summed E-state index contributed by atoms with van der Waals surface area (Å²) < 4.78 is 5.16. The molecule has 8 nitrogen and oxygen atoms in total. The average molecular weight is 463 g/mol. The Morgan fingerprint density at radius 2 is 1.85 bits per heavy atom. The zero-order chi connectivity index (χ0) is 24.3. The number of rotatable bonds is 7. The molecule has 1 aliphatic rings. The van der Waals surface area contributed by atoms with Crippen LogP contribution in [0.1, 0.15) is 43.9 Å². The number of pyridine rings is 1. The van der Waals surface area contributed by atoms with E-state index < -0.39 is 11.6 Å². The number of aliphatic carboxylic acids is 1. The Kier molecular flexibility index (Phi) is 6.79. The van der Waals surface area contributed by atoms with Gasteiger partial charge in [0.25, 0.3) is 0 Å². The minimum Gasteiger partial charge on any atom is -0.481 e. The van der Waals surface area contributed by atoms with Crippen molar-refractivity contribution in [2.24, 2.45) is 11.8 Å². The van der Waals surface area contributed by atoms with Crippen molar-refractivity contribution in [2.45, 2.75) is 45.1 Å². The van der Waals surface area contributed by atoms with Gasteiger partial charge in [0.2, 0.25) is 11.8 Å². The lowest BCUT2D eigenvalue weighted by molar-refractivity contribution is -0.144. The van der Waals surface area contributed by atoms with Gasteiger partial charge in [0.15, 0.2) is 0 Å². The highest BCUT2D eigenvalue weighted by Gasteiger charge is 2.38. The van der Waals surface area contributed by atoms with Crippen LogP contribution in [-0.2, 0) is 10.4 Å². The molecule has 1 saturated carbocycles. The van der Waals surface area contributed by atoms with Gasteiger partial charge in [0, 0.05) is 29.7 Å². The summed E-state index contributed by atoms with van der Waals surface area (Å²) in [5, 5.41) is 23.7. The number of ether oxygens (including phenoxy) is 1. The first-order valence-corrected chi connectivity index (χ1v) is 11.4. The van der Waals surface area contributed by atoms with Crippen LogP contribution in [0.25, 0.3) is 11.1 Å². The molecule has 2 heterocycles. The summed E-state index contributed by atoms with van der Waals surface area (Å²) in [6.07, 6.45) is 5.93. The number of hydrogen-bond donors (Lipinski definition) is 3. The first kappa shape index (κ1) is 23.6. The lowest BCUT2D eigenvalue weighted by Gasteiger charge is -2.36. The Bertz CT molecular complexity index is 1160. The molecule has 0 unspecified atom stereocenters. The molecule has 1 aromatic carbocycles. The van der Waals surface area contributed by atoms with Gasteiger partial charge < -0.3 is 20.3 Å². The lowest BCUT2D eigenvalue weighted by atomic mass is 9.73. The summed E-state index contributed by atoms with van der Waals surface area (Å²) in [6, 6.07) is 11.6. The van der Waals surface area contributed by atoms with Crippen LogP contribution < -0.4 is 10.1 Å². The van der Waals surface area contributed by atoms with Crippen molar-refractivity contribution in [2.75, 3.05) is 12.4 Å². The maximum Gasteiger partial charge on any atom is 0.306 e. The molecule has 1 fully saturated rings. The van der Waals surface area contributed by atoms with Crippen molar-refractivity contribution >= 4 is 17.6 Å². The average Bonchev–Trinajstić information content (AvgIpc) is 2.84. The Morgan fingerprint density at radius 1 is 1.09 bits per heavy atom. The van der Waals surface area contributed by atoms with E-state index in [0.29, 0.717) is 43.2 Å². The fourth-order valence-corrected chi connectivity index (χ4v) is 4.64. The highest BCUT2D eigenvalue weighted by atomic mass is 16.5. The number of nitrogens with one attached hydrogen (secondary N) is 1. The van der Waals surface area contributed by atoms with Gasteiger partial charge in [-0.2, -0.15) is 4.98 Å². The van der Waals surface area contributed by atoms with Gasteiger partial charge in [0.05, 0.1) is 18.7 Å². The van der Waals surface area contributed by atoms with Gasteiger partial charge >= 0.3 is 5.97 Å². The number of aryl methyl sites for hydroxylation is 1. The molecule has 0 radical (unpaired) electrons. The van der Waals surface area contributed by atoms with Gasteiger partial charge in [-0.3, -0.25) is 9.78 Å². The Hall–Kier alpha value is -3.52. The smallest absolute Gasteiger partial charge is 0.306 e. The summed E-state index contributed by atoms with van der Waals surface area (Å²) >= 11 is 0. The quantitative estimate of drug-likeness (QED) is 0.463. The monoisotopic (exact) mass is 462 g/mol. The van der Waals surface area contributed by atoms with Crippen molar-refractivity contribution < 1.29 is 19.7 Å². The number of carboxylic acids is 1. The van der Waals surface area contributed by atoms with Gasteiger partial charge in [-0.05, 0) is 74.8 Å². The van der Waals surface area contributed by atoms with Crippen LogP contribution in [0.4, 0.5) is 11.6 Å². The molecule has 1 atom stereocenters. The fraction of sp³-hybridized carbons (Fsp3) is 0.385. The van der Waals surface area contributed by atoms with E-state index in [1.54, 1.807) is 32.5 Å². The summed E-state index contributed by atoms with van der Waals surface area (Å²) in [7, 11) is 1.56. The van der Waals surface area contributed by atoms with Crippen molar-refractivity contribution in [3.8, 4) is 17.0 Å². The van der Waals surface area contributed by atoms with E-state index in [-0.39, 0.29) is 11.8 Å². The van der Waals surface area contributed by atoms with Crippen LogP contribution in [0, 0.1) is 18.8 Å². The molecule has 0 saturated heterocycles. The molecule has 178 valence electrons. The van der Waals surface area contributed by atoms with E-state index in [9.17, 15) is 15.0 Å². The van der Waals surface area contributed by atoms with Gasteiger partial charge in [-0.1, -0.05) is 12.1 Å². The lowest BCUT2D eigenvalue weighted by Crippen LogP contribution is -2.36. The zero-order valence-corrected chi connectivity index (χ0v) is 19.7. The molecule has 8 heteroatoms. The number of nitrogens with zero attached hydrogens (tertiary/aromatic N) is 3. The fourth-order valence-electron chi connectivity index (χ4n) is 4.64. The van der Waals surface area contributed by atoms with E-state index in [1.165, 1.54) is 0 Å². The number of carbonyl (C=O) groups is 1. The third-order valence-corrected chi connectivity index (χ3v) is 6.66. The number of methoxy groups -OCH3 is 1. The normalized spacial score (nSPS) is 19.8. The molecule has 0 amide bonds. The number of carboxylic acid groups (broad SMARTS) is 1. The molecule has 0 aliphatic heterocycles. The maximum absolute atomic E-state index is 11.2. The largest absolute Gasteiger partial charge is 0.481 e. The van der Waals surface area contributed by atoms with Crippen molar-refractivity contribution in [1.82, 2.24) is 15.0 Å². The molecule has 2 aromatic heterocycles. The number of benzene rings is 1. The van der Waals surface area contributed by atoms with E-state index in [2.05, 4.69) is 26.3 Å². The number of anilines is 2. The summed E-state index contributed by atoms with van der Waals surface area (Å²) in [4.78, 5) is 24.4. The highest BCUT2D eigenvalue weighted by Crippen LogP contribution is 2.40. The second kappa shape index (κ2) is 9.77. The topological polar surface area (TPSA) is 117 Å². The predicted octanol–water partition coefficient (Wildman–Crippen LogP) is 4.70. The zero-order valence-electron chi connectivity index (χ0n) is 19.7.